The van der Waals surface area contributed by atoms with Crippen LogP contribution in [-0.2, 0) is 27.6 Å². The third kappa shape index (κ3) is 8.01. The standard InChI is InChI=1S/C17H30O6Si/c1-8-21-24(22-9-2,23-15(7)16(18)13(3)4)12-10-11-20-17(19)14(5)6/h15H,3,5,8-12H2,1-2,4,6-7H3. The molecule has 0 radical (unpaired) electrons. The van der Waals surface area contributed by atoms with Crippen LogP contribution in [0.5, 0.6) is 0 Å². The molecule has 7 heteroatoms. The molecule has 6 nitrogen and oxygen atoms in total. The van der Waals surface area contributed by atoms with E-state index >= 15 is 0 Å². The predicted molar refractivity (Wildman–Crippen MR) is 94.6 cm³/mol. The molecule has 138 valence electrons. The quantitative estimate of drug-likeness (QED) is 0.218. The Balaban J connectivity index is 4.86. The lowest BCUT2D eigenvalue weighted by molar-refractivity contribution is -0.139. The van der Waals surface area contributed by atoms with E-state index in [1.165, 1.54) is 0 Å². The zero-order valence-electron chi connectivity index (χ0n) is 15.5. The van der Waals surface area contributed by atoms with Gasteiger partial charge in [0, 0.05) is 24.8 Å². The number of carbonyl (C=O) groups is 2. The van der Waals surface area contributed by atoms with Crippen LogP contribution >= 0.6 is 0 Å². The van der Waals surface area contributed by atoms with Gasteiger partial charge in [0.25, 0.3) is 0 Å². The fraction of sp³-hybridized carbons (Fsp3) is 0.647. The summed E-state index contributed by atoms with van der Waals surface area (Å²) in [5.74, 6) is -0.609. The van der Waals surface area contributed by atoms with Crippen molar-refractivity contribution in [2.24, 2.45) is 0 Å². The smallest absolute Gasteiger partial charge is 0.462 e. The van der Waals surface area contributed by atoms with Crippen molar-refractivity contribution >= 4 is 20.6 Å². The number of hydrogen-bond donors (Lipinski definition) is 0. The summed E-state index contributed by atoms with van der Waals surface area (Å²) < 4.78 is 22.6. The molecule has 0 aromatic carbocycles. The van der Waals surface area contributed by atoms with Crippen molar-refractivity contribution in [3.05, 3.63) is 24.3 Å². The van der Waals surface area contributed by atoms with E-state index in [9.17, 15) is 9.59 Å². The molecule has 0 heterocycles. The first kappa shape index (κ1) is 22.7. The molecule has 0 rings (SSSR count). The third-order valence-electron chi connectivity index (χ3n) is 3.08. The van der Waals surface area contributed by atoms with Gasteiger partial charge in [0.15, 0.2) is 5.78 Å². The van der Waals surface area contributed by atoms with E-state index in [-0.39, 0.29) is 12.4 Å². The number of rotatable bonds is 13. The normalized spacial score (nSPS) is 12.5. The molecule has 1 atom stereocenters. The number of esters is 1. The second-order valence-corrected chi connectivity index (χ2v) is 8.15. The van der Waals surface area contributed by atoms with Crippen LogP contribution in [0.2, 0.25) is 6.04 Å². The Hall–Kier alpha value is -1.28. The van der Waals surface area contributed by atoms with E-state index in [0.29, 0.717) is 36.8 Å². The molecule has 0 aromatic rings. The molecule has 1 unspecified atom stereocenters. The summed E-state index contributed by atoms with van der Waals surface area (Å²) in [5, 5.41) is 0. The average Bonchev–Trinajstić information content (AvgIpc) is 2.50. The second-order valence-electron chi connectivity index (χ2n) is 5.47. The second kappa shape index (κ2) is 11.3. The van der Waals surface area contributed by atoms with Crippen molar-refractivity contribution in [2.75, 3.05) is 19.8 Å². The first-order valence-electron chi connectivity index (χ1n) is 8.17. The summed E-state index contributed by atoms with van der Waals surface area (Å²) in [5.41, 5.74) is 0.777. The lowest BCUT2D eigenvalue weighted by Crippen LogP contribution is -2.49. The predicted octanol–water partition coefficient (Wildman–Crippen LogP) is 3.06. The van der Waals surface area contributed by atoms with Crippen LogP contribution in [0.15, 0.2) is 24.3 Å². The van der Waals surface area contributed by atoms with Crippen molar-refractivity contribution in [1.82, 2.24) is 0 Å². The first-order valence-corrected chi connectivity index (χ1v) is 10.1. The summed E-state index contributed by atoms with van der Waals surface area (Å²) in [4.78, 5) is 23.4. The van der Waals surface area contributed by atoms with Crippen LogP contribution < -0.4 is 0 Å². The van der Waals surface area contributed by atoms with Gasteiger partial charge in [-0.1, -0.05) is 13.2 Å². The zero-order valence-corrected chi connectivity index (χ0v) is 16.5. The Morgan fingerprint density at radius 1 is 1.04 bits per heavy atom. The van der Waals surface area contributed by atoms with Gasteiger partial charge in [0.05, 0.1) is 6.61 Å². The molecule has 0 N–H and O–H groups in total. The highest BCUT2D eigenvalue weighted by molar-refractivity contribution is 6.61. The molecular weight excluding hydrogens is 328 g/mol. The molecule has 24 heavy (non-hydrogen) atoms. The first-order chi connectivity index (χ1) is 11.2. The van der Waals surface area contributed by atoms with Gasteiger partial charge in [-0.15, -0.1) is 0 Å². The van der Waals surface area contributed by atoms with E-state index in [1.54, 1.807) is 20.8 Å². The van der Waals surface area contributed by atoms with Crippen LogP contribution in [0.3, 0.4) is 0 Å². The van der Waals surface area contributed by atoms with Gasteiger partial charge in [0.1, 0.15) is 6.10 Å². The summed E-state index contributed by atoms with van der Waals surface area (Å²) in [6, 6.07) is 0.450. The third-order valence-corrected chi connectivity index (χ3v) is 6.22. The maximum Gasteiger partial charge on any atom is 0.501 e. The van der Waals surface area contributed by atoms with Crippen molar-refractivity contribution in [3.8, 4) is 0 Å². The molecule has 0 aliphatic carbocycles. The monoisotopic (exact) mass is 358 g/mol. The topological polar surface area (TPSA) is 71.1 Å². The molecule has 0 amide bonds. The number of ketones is 1. The van der Waals surface area contributed by atoms with Gasteiger partial charge in [-0.25, -0.2) is 4.79 Å². The SMILES string of the molecule is C=C(C)C(=O)OCCC[Si](OCC)(OCC)OC(C)C(=O)C(=C)C. The van der Waals surface area contributed by atoms with E-state index < -0.39 is 20.9 Å². The van der Waals surface area contributed by atoms with Crippen LogP contribution in [0.4, 0.5) is 0 Å². The Morgan fingerprint density at radius 3 is 2.00 bits per heavy atom. The maximum absolute atomic E-state index is 12.0. The van der Waals surface area contributed by atoms with Crippen molar-refractivity contribution < 1.29 is 27.6 Å². The van der Waals surface area contributed by atoms with Crippen molar-refractivity contribution in [1.29, 1.82) is 0 Å². The summed E-state index contributed by atoms with van der Waals surface area (Å²) in [6.45, 7) is 16.8. The number of ether oxygens (including phenoxy) is 1. The summed E-state index contributed by atoms with van der Waals surface area (Å²) >= 11 is 0. The molecule has 0 bridgehead atoms. The lowest BCUT2D eigenvalue weighted by atomic mass is 10.1. The van der Waals surface area contributed by atoms with Gasteiger partial charge in [-0.3, -0.25) is 4.79 Å². The highest BCUT2D eigenvalue weighted by atomic mass is 28.4. The van der Waals surface area contributed by atoms with Crippen LogP contribution in [-0.4, -0.2) is 46.5 Å². The molecule has 0 aromatic heterocycles. The molecule has 0 aliphatic rings. The van der Waals surface area contributed by atoms with Crippen molar-refractivity contribution in [3.63, 3.8) is 0 Å². The number of hydrogen-bond acceptors (Lipinski definition) is 6. The molecule has 0 saturated heterocycles. The average molecular weight is 359 g/mol. The van der Waals surface area contributed by atoms with Gasteiger partial charge >= 0.3 is 14.8 Å². The lowest BCUT2D eigenvalue weighted by Gasteiger charge is -2.31. The van der Waals surface area contributed by atoms with E-state index in [4.69, 9.17) is 18.0 Å². The Morgan fingerprint density at radius 2 is 1.58 bits per heavy atom. The Labute approximate surface area is 146 Å². The Bertz CT molecular complexity index is 454. The highest BCUT2D eigenvalue weighted by Crippen LogP contribution is 2.21. The summed E-state index contributed by atoms with van der Waals surface area (Å²) in [7, 11) is -3.04. The van der Waals surface area contributed by atoms with Crippen molar-refractivity contribution in [2.45, 2.75) is 53.2 Å². The summed E-state index contributed by atoms with van der Waals surface area (Å²) in [6.07, 6.45) is -0.176. The van der Waals surface area contributed by atoms with E-state index in [1.807, 2.05) is 13.8 Å². The van der Waals surface area contributed by atoms with E-state index in [2.05, 4.69) is 13.2 Å². The van der Waals surface area contributed by atoms with E-state index in [0.717, 1.165) is 0 Å². The van der Waals surface area contributed by atoms with Gasteiger partial charge < -0.3 is 18.0 Å². The fourth-order valence-corrected chi connectivity index (χ4v) is 4.73. The minimum atomic E-state index is -3.04. The minimum Gasteiger partial charge on any atom is -0.462 e. The van der Waals surface area contributed by atoms with Gasteiger partial charge in [-0.05, 0) is 46.6 Å². The maximum atomic E-state index is 12.0. The number of Topliss-reactive ketones (excluding diaryl/α,β-unsaturated/α-hetero) is 1. The number of carbonyl (C=O) groups excluding carboxylic acids is 2. The molecule has 0 spiro atoms. The van der Waals surface area contributed by atoms with Gasteiger partial charge in [0.2, 0.25) is 0 Å². The minimum absolute atomic E-state index is 0.181. The highest BCUT2D eigenvalue weighted by Gasteiger charge is 2.43. The van der Waals surface area contributed by atoms with Crippen LogP contribution in [0, 0.1) is 0 Å². The molecule has 0 aliphatic heterocycles. The zero-order chi connectivity index (χ0) is 18.8. The van der Waals surface area contributed by atoms with Crippen LogP contribution in [0.1, 0.15) is 41.0 Å². The Kier molecular flexibility index (Phi) is 10.7. The molecule has 0 saturated carbocycles. The molecular formula is C17H30O6Si. The van der Waals surface area contributed by atoms with Gasteiger partial charge in [-0.2, -0.15) is 0 Å². The fourth-order valence-electron chi connectivity index (χ4n) is 2.00. The van der Waals surface area contributed by atoms with Crippen LogP contribution in [0.25, 0.3) is 0 Å². The molecule has 0 fully saturated rings. The largest absolute Gasteiger partial charge is 0.501 e.